The van der Waals surface area contributed by atoms with Gasteiger partial charge in [0.15, 0.2) is 6.10 Å². The Kier molecular flexibility index (Phi) is 11.8. The molecule has 14 heteroatoms. The Hall–Kier alpha value is -3.10. The molecule has 3 rings (SSSR count). The molecule has 0 aliphatic carbocycles. The monoisotopic (exact) mass is 612 g/mol. The molecule has 2 heterocycles. The van der Waals surface area contributed by atoms with Gasteiger partial charge < -0.3 is 29.1 Å². The number of carbonyl (C=O) groups is 3. The number of nitrogens with one attached hydrogen (secondary N) is 1. The fourth-order valence-electron chi connectivity index (χ4n) is 4.52. The highest BCUT2D eigenvalue weighted by atomic mass is 32.2. The molecular formula is C28H44N4O9S. The quantitative estimate of drug-likeness (QED) is 0.319. The summed E-state index contributed by atoms with van der Waals surface area (Å²) < 4.78 is 43.2. The molecule has 0 radical (unpaired) electrons. The van der Waals surface area contributed by atoms with Gasteiger partial charge in [-0.3, -0.25) is 9.69 Å². The van der Waals surface area contributed by atoms with E-state index in [-0.39, 0.29) is 24.9 Å². The van der Waals surface area contributed by atoms with Gasteiger partial charge in [-0.1, -0.05) is 25.5 Å². The summed E-state index contributed by atoms with van der Waals surface area (Å²) in [5, 5.41) is 9.48. The fourth-order valence-corrected chi connectivity index (χ4v) is 5.93. The van der Waals surface area contributed by atoms with Crippen molar-refractivity contribution in [2.45, 2.75) is 64.7 Å². The van der Waals surface area contributed by atoms with Crippen molar-refractivity contribution in [3.63, 3.8) is 0 Å². The van der Waals surface area contributed by atoms with E-state index < -0.39 is 39.8 Å². The number of rotatable bonds is 14. The van der Waals surface area contributed by atoms with Crippen LogP contribution in [0.25, 0.3) is 0 Å². The van der Waals surface area contributed by atoms with Crippen molar-refractivity contribution in [2.24, 2.45) is 0 Å². The summed E-state index contributed by atoms with van der Waals surface area (Å²) in [4.78, 5) is 41.8. The Labute approximate surface area is 248 Å². The highest BCUT2D eigenvalue weighted by molar-refractivity contribution is 7.89. The summed E-state index contributed by atoms with van der Waals surface area (Å²) in [5.41, 5.74) is 0.107. The first-order valence-corrected chi connectivity index (χ1v) is 16.0. The highest BCUT2D eigenvalue weighted by Gasteiger charge is 2.33. The normalized spacial score (nSPS) is 19.0. The topological polar surface area (TPSA) is 155 Å². The third-order valence-corrected chi connectivity index (χ3v) is 8.32. The lowest BCUT2D eigenvalue weighted by Gasteiger charge is -2.36. The second-order valence-electron chi connectivity index (χ2n) is 11.6. The summed E-state index contributed by atoms with van der Waals surface area (Å²) in [6.07, 6.45) is -0.00280. The SMILES string of the molecule is CCCCS(=O)(=O)NC(Cc1ccc(OCC2CN(CCN3CCN(C(=O)OC(C)(C)C)CC3)C(=O)O2)cc1)C(=O)O. The fraction of sp³-hybridized carbons (Fsp3) is 0.679. The Bertz CT molecular complexity index is 1160. The molecule has 13 nitrogen and oxygen atoms in total. The van der Waals surface area contributed by atoms with E-state index in [1.807, 2.05) is 27.7 Å². The number of carboxylic acid groups (broad SMARTS) is 1. The van der Waals surface area contributed by atoms with Crippen LogP contribution in [0.3, 0.4) is 0 Å². The third-order valence-electron chi connectivity index (χ3n) is 6.85. The van der Waals surface area contributed by atoms with Gasteiger partial charge in [0.1, 0.15) is 24.0 Å². The van der Waals surface area contributed by atoms with Crippen LogP contribution in [0.4, 0.5) is 9.59 Å². The number of hydrogen-bond acceptors (Lipinski definition) is 9. The molecule has 2 amide bonds. The van der Waals surface area contributed by atoms with E-state index in [1.54, 1.807) is 34.1 Å². The minimum absolute atomic E-state index is 0.00772. The van der Waals surface area contributed by atoms with E-state index in [0.717, 1.165) is 0 Å². The molecule has 2 aliphatic rings. The van der Waals surface area contributed by atoms with E-state index in [2.05, 4.69) is 9.62 Å². The number of hydrogen-bond donors (Lipinski definition) is 2. The number of sulfonamides is 1. The van der Waals surface area contributed by atoms with Crippen LogP contribution in [0.1, 0.15) is 46.1 Å². The van der Waals surface area contributed by atoms with Gasteiger partial charge in [-0.15, -0.1) is 0 Å². The van der Waals surface area contributed by atoms with Crippen molar-refractivity contribution in [2.75, 3.05) is 58.2 Å². The number of cyclic esters (lactones) is 1. The van der Waals surface area contributed by atoms with Crippen LogP contribution in [0.15, 0.2) is 24.3 Å². The predicted molar refractivity (Wildman–Crippen MR) is 155 cm³/mol. The number of aliphatic carboxylic acids is 1. The second-order valence-corrected chi connectivity index (χ2v) is 13.5. The van der Waals surface area contributed by atoms with Crippen molar-refractivity contribution in [1.29, 1.82) is 0 Å². The van der Waals surface area contributed by atoms with Crippen LogP contribution in [0, 0.1) is 0 Å². The zero-order chi connectivity index (χ0) is 30.9. The average molecular weight is 613 g/mol. The molecule has 0 saturated carbocycles. The number of carbonyl (C=O) groups excluding carboxylic acids is 2. The number of ether oxygens (including phenoxy) is 3. The molecule has 0 bridgehead atoms. The summed E-state index contributed by atoms with van der Waals surface area (Å²) in [6.45, 7) is 11.6. The predicted octanol–water partition coefficient (Wildman–Crippen LogP) is 2.15. The summed E-state index contributed by atoms with van der Waals surface area (Å²) in [7, 11) is -3.69. The van der Waals surface area contributed by atoms with Crippen LogP contribution < -0.4 is 9.46 Å². The van der Waals surface area contributed by atoms with Crippen LogP contribution >= 0.6 is 0 Å². The molecule has 2 atom stereocenters. The van der Waals surface area contributed by atoms with Gasteiger partial charge in [0, 0.05) is 39.3 Å². The summed E-state index contributed by atoms with van der Waals surface area (Å²) in [5.74, 6) is -0.839. The van der Waals surface area contributed by atoms with Gasteiger partial charge in [0.05, 0.1) is 12.3 Å². The molecule has 2 saturated heterocycles. The van der Waals surface area contributed by atoms with Crippen molar-refractivity contribution in [3.8, 4) is 5.75 Å². The molecule has 2 unspecified atom stereocenters. The number of nitrogens with zero attached hydrogens (tertiary/aromatic N) is 3. The summed E-state index contributed by atoms with van der Waals surface area (Å²) in [6, 6.07) is 5.44. The van der Waals surface area contributed by atoms with Gasteiger partial charge in [0.2, 0.25) is 10.0 Å². The summed E-state index contributed by atoms with van der Waals surface area (Å²) >= 11 is 0. The van der Waals surface area contributed by atoms with Crippen LogP contribution in [-0.2, 0) is 30.7 Å². The van der Waals surface area contributed by atoms with Crippen molar-refractivity contribution < 1.29 is 42.1 Å². The molecule has 2 N–H and O–H groups in total. The number of benzene rings is 1. The van der Waals surface area contributed by atoms with Gasteiger partial charge in [0.25, 0.3) is 0 Å². The van der Waals surface area contributed by atoms with Crippen molar-refractivity contribution in [3.05, 3.63) is 29.8 Å². The van der Waals surface area contributed by atoms with E-state index in [1.165, 1.54) is 0 Å². The number of unbranched alkanes of at least 4 members (excludes halogenated alkanes) is 1. The minimum Gasteiger partial charge on any atom is -0.490 e. The molecule has 1 aromatic carbocycles. The highest BCUT2D eigenvalue weighted by Crippen LogP contribution is 2.18. The minimum atomic E-state index is -3.69. The van der Waals surface area contributed by atoms with E-state index >= 15 is 0 Å². The average Bonchev–Trinajstić information content (AvgIpc) is 3.28. The molecule has 42 heavy (non-hydrogen) atoms. The van der Waals surface area contributed by atoms with Crippen LogP contribution in [0.2, 0.25) is 0 Å². The lowest BCUT2D eigenvalue weighted by molar-refractivity contribution is -0.138. The largest absolute Gasteiger partial charge is 0.490 e. The van der Waals surface area contributed by atoms with Gasteiger partial charge in [-0.05, 0) is 51.3 Å². The van der Waals surface area contributed by atoms with E-state index in [4.69, 9.17) is 14.2 Å². The molecule has 0 aromatic heterocycles. The maximum absolute atomic E-state index is 12.4. The lowest BCUT2D eigenvalue weighted by Crippen LogP contribution is -2.51. The van der Waals surface area contributed by atoms with Gasteiger partial charge in [-0.2, -0.15) is 0 Å². The Morgan fingerprint density at radius 1 is 1.12 bits per heavy atom. The third kappa shape index (κ3) is 11.0. The molecule has 1 aromatic rings. The van der Waals surface area contributed by atoms with E-state index in [9.17, 15) is 27.9 Å². The molecule has 2 aliphatic heterocycles. The molecule has 0 spiro atoms. The number of piperazine rings is 1. The van der Waals surface area contributed by atoms with E-state index in [0.29, 0.717) is 70.0 Å². The maximum atomic E-state index is 12.4. The molecule has 236 valence electrons. The second kappa shape index (κ2) is 14.9. The van der Waals surface area contributed by atoms with Crippen LogP contribution in [0.5, 0.6) is 5.75 Å². The lowest BCUT2D eigenvalue weighted by atomic mass is 10.1. The Morgan fingerprint density at radius 2 is 1.79 bits per heavy atom. The van der Waals surface area contributed by atoms with Crippen LogP contribution in [-0.4, -0.2) is 122 Å². The van der Waals surface area contributed by atoms with Crippen molar-refractivity contribution >= 4 is 28.2 Å². The zero-order valence-electron chi connectivity index (χ0n) is 24.9. The number of carboxylic acids is 1. The standard InChI is InChI=1S/C28H44N4O9S/c1-5-6-17-42(37,38)29-24(25(33)34)18-21-7-9-22(10-8-21)39-20-23-19-32(26(35)40-23)16-13-30-11-14-31(15-12-30)27(36)41-28(2,3)4/h7-10,23-24,29H,5-6,11-20H2,1-4H3,(H,33,34). The first kappa shape index (κ1) is 33.4. The maximum Gasteiger partial charge on any atom is 0.410 e. The first-order valence-electron chi connectivity index (χ1n) is 14.3. The molecule has 2 fully saturated rings. The first-order chi connectivity index (χ1) is 19.7. The van der Waals surface area contributed by atoms with Gasteiger partial charge in [-0.25, -0.2) is 22.7 Å². The zero-order valence-corrected chi connectivity index (χ0v) is 25.7. The Morgan fingerprint density at radius 3 is 2.38 bits per heavy atom. The smallest absolute Gasteiger partial charge is 0.410 e. The Balaban J connectivity index is 1.39. The number of amides is 2. The van der Waals surface area contributed by atoms with Gasteiger partial charge >= 0.3 is 18.2 Å². The van der Waals surface area contributed by atoms with Crippen molar-refractivity contribution in [1.82, 2.24) is 19.4 Å². The molecular weight excluding hydrogens is 568 g/mol.